The Hall–Kier alpha value is -2.88. The lowest BCUT2D eigenvalue weighted by Crippen LogP contribution is -2.25. The molecular weight excluding hydrogens is 302 g/mol. The van der Waals surface area contributed by atoms with Gasteiger partial charge in [0.2, 0.25) is 5.88 Å². The van der Waals surface area contributed by atoms with Crippen molar-refractivity contribution in [2.24, 2.45) is 0 Å². The van der Waals surface area contributed by atoms with Crippen molar-refractivity contribution in [3.8, 4) is 17.0 Å². The molecule has 0 aliphatic heterocycles. The van der Waals surface area contributed by atoms with E-state index in [9.17, 15) is 14.7 Å². The van der Waals surface area contributed by atoms with Crippen LogP contribution in [-0.2, 0) is 6.54 Å². The summed E-state index contributed by atoms with van der Waals surface area (Å²) in [4.78, 5) is 25.9. The van der Waals surface area contributed by atoms with Crippen molar-refractivity contribution in [3.05, 3.63) is 63.9 Å². The molecular formula is C20H17NO3. The van der Waals surface area contributed by atoms with E-state index >= 15 is 0 Å². The molecule has 1 N–H and O–H groups in total. The number of ketones is 1. The van der Waals surface area contributed by atoms with E-state index in [1.165, 1.54) is 4.57 Å². The maximum absolute atomic E-state index is 13.1. The molecule has 0 radical (unpaired) electrons. The number of pyridine rings is 1. The van der Waals surface area contributed by atoms with E-state index in [1.807, 2.05) is 13.0 Å². The van der Waals surface area contributed by atoms with Crippen LogP contribution in [0.2, 0.25) is 0 Å². The molecule has 1 aliphatic rings. The lowest BCUT2D eigenvalue weighted by Gasteiger charge is -2.21. The second-order valence-electron chi connectivity index (χ2n) is 6.11. The van der Waals surface area contributed by atoms with E-state index < -0.39 is 0 Å². The summed E-state index contributed by atoms with van der Waals surface area (Å²) in [5.41, 5.74) is 1.96. The molecule has 1 aliphatic carbocycles. The van der Waals surface area contributed by atoms with Crippen LogP contribution in [-0.4, -0.2) is 15.5 Å². The first-order chi connectivity index (χ1) is 11.6. The van der Waals surface area contributed by atoms with Gasteiger partial charge < -0.3 is 5.11 Å². The van der Waals surface area contributed by atoms with E-state index in [0.717, 1.165) is 12.8 Å². The molecule has 0 atom stereocenters. The lowest BCUT2D eigenvalue weighted by molar-refractivity contribution is 0.104. The lowest BCUT2D eigenvalue weighted by atomic mass is 9.83. The third kappa shape index (κ3) is 1.86. The normalized spacial score (nSPS) is 12.5. The van der Waals surface area contributed by atoms with Crippen LogP contribution in [0, 0.1) is 0 Å². The minimum absolute atomic E-state index is 0.0544. The molecule has 0 amide bonds. The van der Waals surface area contributed by atoms with E-state index in [2.05, 4.69) is 0 Å². The van der Waals surface area contributed by atoms with Crippen molar-refractivity contribution in [2.75, 3.05) is 0 Å². The number of benzene rings is 2. The highest BCUT2D eigenvalue weighted by Crippen LogP contribution is 2.39. The van der Waals surface area contributed by atoms with E-state index in [4.69, 9.17) is 0 Å². The molecule has 24 heavy (non-hydrogen) atoms. The van der Waals surface area contributed by atoms with Crippen LogP contribution in [0.25, 0.3) is 21.9 Å². The molecule has 0 saturated heterocycles. The van der Waals surface area contributed by atoms with Crippen LogP contribution in [0.5, 0.6) is 5.88 Å². The van der Waals surface area contributed by atoms with Gasteiger partial charge in [-0.25, -0.2) is 0 Å². The summed E-state index contributed by atoms with van der Waals surface area (Å²) < 4.78 is 1.43. The summed E-state index contributed by atoms with van der Waals surface area (Å²) in [6, 6.07) is 12.4. The van der Waals surface area contributed by atoms with Gasteiger partial charge in [-0.3, -0.25) is 14.2 Å². The van der Waals surface area contributed by atoms with Crippen molar-refractivity contribution >= 4 is 16.6 Å². The highest BCUT2D eigenvalue weighted by molar-refractivity contribution is 6.26. The summed E-state index contributed by atoms with van der Waals surface area (Å²) in [7, 11) is 0. The standard InChI is InChI=1S/C20H17NO3/c1-2-3-11-21-19(23)15-10-6-9-14-16(15)17(20(21)24)12-7-4-5-8-13(12)18(14)22/h4-10,23H,2-3,11H2,1H3. The van der Waals surface area contributed by atoms with Crippen molar-refractivity contribution in [1.82, 2.24) is 4.57 Å². The molecule has 2 aromatic carbocycles. The fraction of sp³-hybridized carbons (Fsp3) is 0.200. The number of aromatic hydroxyl groups is 1. The Balaban J connectivity index is 2.20. The van der Waals surface area contributed by atoms with Gasteiger partial charge >= 0.3 is 0 Å². The number of unbranched alkanes of at least 4 members (excludes halogenated alkanes) is 1. The molecule has 120 valence electrons. The summed E-state index contributed by atoms with van der Waals surface area (Å²) in [5, 5.41) is 11.7. The zero-order chi connectivity index (χ0) is 16.8. The van der Waals surface area contributed by atoms with Crippen molar-refractivity contribution in [2.45, 2.75) is 26.3 Å². The third-order valence-corrected chi connectivity index (χ3v) is 4.69. The van der Waals surface area contributed by atoms with Crippen molar-refractivity contribution in [3.63, 3.8) is 0 Å². The topological polar surface area (TPSA) is 59.3 Å². The number of aromatic nitrogens is 1. The number of nitrogens with zero attached hydrogens (tertiary/aromatic N) is 1. The average Bonchev–Trinajstić information content (AvgIpc) is 2.61. The number of rotatable bonds is 3. The highest BCUT2D eigenvalue weighted by atomic mass is 16.3. The Kier molecular flexibility index (Phi) is 3.27. The predicted octanol–water partition coefficient (Wildman–Crippen LogP) is 3.72. The first kappa shape index (κ1) is 14.7. The fourth-order valence-electron chi connectivity index (χ4n) is 3.50. The smallest absolute Gasteiger partial charge is 0.261 e. The second kappa shape index (κ2) is 5.34. The van der Waals surface area contributed by atoms with E-state index in [-0.39, 0.29) is 17.2 Å². The summed E-state index contributed by atoms with van der Waals surface area (Å²) in [6.45, 7) is 2.50. The van der Waals surface area contributed by atoms with Crippen LogP contribution in [0.4, 0.5) is 0 Å². The zero-order valence-corrected chi connectivity index (χ0v) is 13.4. The molecule has 0 unspecified atom stereocenters. The van der Waals surface area contributed by atoms with Gasteiger partial charge in [-0.15, -0.1) is 0 Å². The number of carbonyl (C=O) groups is 1. The van der Waals surface area contributed by atoms with Crippen molar-refractivity contribution in [1.29, 1.82) is 0 Å². The van der Waals surface area contributed by atoms with Gasteiger partial charge in [-0.2, -0.15) is 0 Å². The van der Waals surface area contributed by atoms with E-state index in [1.54, 1.807) is 36.4 Å². The Morgan fingerprint density at radius 3 is 2.42 bits per heavy atom. The quantitative estimate of drug-likeness (QED) is 0.626. The molecule has 1 heterocycles. The molecule has 0 fully saturated rings. The number of carbonyl (C=O) groups excluding carboxylic acids is 1. The fourth-order valence-corrected chi connectivity index (χ4v) is 3.50. The van der Waals surface area contributed by atoms with Crippen LogP contribution in [0.1, 0.15) is 35.7 Å². The van der Waals surface area contributed by atoms with Crippen LogP contribution >= 0.6 is 0 Å². The monoisotopic (exact) mass is 319 g/mol. The highest BCUT2D eigenvalue weighted by Gasteiger charge is 2.29. The largest absolute Gasteiger partial charge is 0.494 e. The molecule has 4 rings (SSSR count). The summed E-state index contributed by atoms with van der Waals surface area (Å²) in [5.74, 6) is -0.157. The van der Waals surface area contributed by atoms with Gasteiger partial charge in [-0.1, -0.05) is 49.7 Å². The average molecular weight is 319 g/mol. The Morgan fingerprint density at radius 2 is 1.67 bits per heavy atom. The van der Waals surface area contributed by atoms with E-state index in [0.29, 0.717) is 39.6 Å². The minimum atomic E-state index is -0.235. The van der Waals surface area contributed by atoms with Crippen LogP contribution < -0.4 is 5.56 Å². The third-order valence-electron chi connectivity index (χ3n) is 4.69. The Labute approximate surface area is 139 Å². The minimum Gasteiger partial charge on any atom is -0.494 e. The molecule has 3 aromatic rings. The Morgan fingerprint density at radius 1 is 0.958 bits per heavy atom. The number of hydrogen-bond donors (Lipinski definition) is 1. The van der Waals surface area contributed by atoms with Gasteiger partial charge in [0.1, 0.15) is 0 Å². The number of fused-ring (bicyclic) bond motifs is 2. The van der Waals surface area contributed by atoms with Crippen molar-refractivity contribution < 1.29 is 9.90 Å². The maximum atomic E-state index is 13.1. The zero-order valence-electron chi connectivity index (χ0n) is 13.4. The molecule has 0 spiro atoms. The van der Waals surface area contributed by atoms with Gasteiger partial charge in [-0.05, 0) is 18.1 Å². The molecule has 0 bridgehead atoms. The van der Waals surface area contributed by atoms with Crippen LogP contribution in [0.15, 0.2) is 47.3 Å². The predicted molar refractivity (Wildman–Crippen MR) is 93.6 cm³/mol. The summed E-state index contributed by atoms with van der Waals surface area (Å²) in [6.07, 6.45) is 1.73. The number of hydrogen-bond acceptors (Lipinski definition) is 3. The first-order valence-electron chi connectivity index (χ1n) is 8.17. The van der Waals surface area contributed by atoms with Gasteiger partial charge in [0.15, 0.2) is 5.78 Å². The Bertz CT molecular complexity index is 1050. The van der Waals surface area contributed by atoms with Gasteiger partial charge in [0.05, 0.1) is 5.56 Å². The second-order valence-corrected chi connectivity index (χ2v) is 6.11. The molecule has 1 aromatic heterocycles. The van der Waals surface area contributed by atoms with Crippen LogP contribution in [0.3, 0.4) is 0 Å². The maximum Gasteiger partial charge on any atom is 0.261 e. The molecule has 4 nitrogen and oxygen atoms in total. The first-order valence-corrected chi connectivity index (χ1v) is 8.17. The SMILES string of the molecule is CCCCn1c(O)c2cccc3c2c(c1=O)-c1ccccc1C3=O. The summed E-state index contributed by atoms with van der Waals surface area (Å²) >= 11 is 0. The van der Waals surface area contributed by atoms with Gasteiger partial charge in [0, 0.05) is 28.4 Å². The molecule has 0 saturated carbocycles. The molecule has 4 heteroatoms. The van der Waals surface area contributed by atoms with Gasteiger partial charge in [0.25, 0.3) is 5.56 Å².